The van der Waals surface area contributed by atoms with Crippen LogP contribution in [0.15, 0.2) is 18.2 Å². The highest BCUT2D eigenvalue weighted by molar-refractivity contribution is 5.42. The molecule has 2 N–H and O–H groups in total. The molecule has 1 saturated heterocycles. The number of hydrogen-bond donors (Lipinski definition) is 1. The van der Waals surface area contributed by atoms with Gasteiger partial charge in [-0.3, -0.25) is 0 Å². The molecule has 150 valence electrons. The van der Waals surface area contributed by atoms with Crippen molar-refractivity contribution in [1.82, 2.24) is 0 Å². The van der Waals surface area contributed by atoms with Gasteiger partial charge < -0.3 is 24.7 Å². The number of ether oxygens (including phenoxy) is 4. The summed E-state index contributed by atoms with van der Waals surface area (Å²) in [5, 5.41) is 0. The van der Waals surface area contributed by atoms with Crippen molar-refractivity contribution in [2.75, 3.05) is 20.8 Å². The van der Waals surface area contributed by atoms with Gasteiger partial charge >= 0.3 is 0 Å². The third-order valence-electron chi connectivity index (χ3n) is 7.98. The third kappa shape index (κ3) is 2.70. The zero-order valence-corrected chi connectivity index (χ0v) is 17.2. The first-order valence-electron chi connectivity index (χ1n) is 10.1. The van der Waals surface area contributed by atoms with Crippen LogP contribution in [0, 0.1) is 22.7 Å². The molecule has 5 heteroatoms. The minimum absolute atomic E-state index is 0.208. The molecule has 1 aromatic rings. The average Bonchev–Trinajstić information content (AvgIpc) is 3.23. The van der Waals surface area contributed by atoms with E-state index in [2.05, 4.69) is 20.8 Å². The highest BCUT2D eigenvalue weighted by atomic mass is 16.7. The second-order valence-electron chi connectivity index (χ2n) is 9.14. The fraction of sp³-hybridized carbons (Fsp3) is 0.727. The fourth-order valence-corrected chi connectivity index (χ4v) is 6.10. The fourth-order valence-electron chi connectivity index (χ4n) is 6.10. The van der Waals surface area contributed by atoms with Crippen molar-refractivity contribution in [3.05, 3.63) is 23.8 Å². The van der Waals surface area contributed by atoms with Crippen molar-refractivity contribution in [3.8, 4) is 11.5 Å². The highest BCUT2D eigenvalue weighted by Gasteiger charge is 2.69. The average molecular weight is 376 g/mol. The Kier molecular flexibility index (Phi) is 4.68. The largest absolute Gasteiger partial charge is 0.497 e. The zero-order chi connectivity index (χ0) is 19.4. The zero-order valence-electron chi connectivity index (χ0n) is 17.2. The van der Waals surface area contributed by atoms with Gasteiger partial charge in [0.2, 0.25) is 0 Å². The van der Waals surface area contributed by atoms with Crippen LogP contribution in [-0.4, -0.2) is 33.2 Å². The van der Waals surface area contributed by atoms with Crippen LogP contribution in [0.1, 0.15) is 51.7 Å². The van der Waals surface area contributed by atoms with Gasteiger partial charge in [0.1, 0.15) is 17.6 Å². The summed E-state index contributed by atoms with van der Waals surface area (Å²) in [6.07, 6.45) is 3.32. The second-order valence-corrected chi connectivity index (χ2v) is 9.14. The van der Waals surface area contributed by atoms with E-state index in [1.54, 1.807) is 14.2 Å². The van der Waals surface area contributed by atoms with Crippen molar-refractivity contribution in [1.29, 1.82) is 0 Å². The first-order chi connectivity index (χ1) is 12.9. The quantitative estimate of drug-likeness (QED) is 0.817. The summed E-state index contributed by atoms with van der Waals surface area (Å²) in [7, 11) is 3.32. The van der Waals surface area contributed by atoms with Crippen molar-refractivity contribution in [3.63, 3.8) is 0 Å². The maximum Gasteiger partial charge on any atom is 0.159 e. The lowest BCUT2D eigenvalue weighted by molar-refractivity contribution is -0.185. The summed E-state index contributed by atoms with van der Waals surface area (Å²) >= 11 is 0. The van der Waals surface area contributed by atoms with E-state index >= 15 is 0 Å². The normalized spacial score (nSPS) is 37.3. The Hall–Kier alpha value is -1.30. The van der Waals surface area contributed by atoms with Gasteiger partial charge in [0.05, 0.1) is 20.3 Å². The lowest BCUT2D eigenvalue weighted by Crippen LogP contribution is -2.38. The molecular formula is C22H33NO4. The van der Waals surface area contributed by atoms with Crippen LogP contribution in [0.4, 0.5) is 0 Å². The Balaban J connectivity index is 1.52. The molecule has 2 saturated carbocycles. The summed E-state index contributed by atoms with van der Waals surface area (Å²) in [5.74, 6) is 2.85. The summed E-state index contributed by atoms with van der Waals surface area (Å²) in [4.78, 5) is 0. The predicted octanol–water partition coefficient (Wildman–Crippen LogP) is 3.91. The number of hydrogen-bond acceptors (Lipinski definition) is 5. The van der Waals surface area contributed by atoms with E-state index in [0.717, 1.165) is 29.4 Å². The van der Waals surface area contributed by atoms with Crippen LogP contribution in [0.5, 0.6) is 11.5 Å². The molecule has 3 aliphatic rings. The molecule has 2 aliphatic carbocycles. The first kappa shape index (κ1) is 19.0. The van der Waals surface area contributed by atoms with E-state index in [0.29, 0.717) is 24.0 Å². The molecule has 3 fully saturated rings. The first-order valence-corrected chi connectivity index (χ1v) is 10.1. The lowest BCUT2D eigenvalue weighted by Gasteiger charge is -2.39. The summed E-state index contributed by atoms with van der Waals surface area (Å²) < 4.78 is 23.8. The van der Waals surface area contributed by atoms with E-state index in [1.807, 2.05) is 18.2 Å². The molecule has 0 spiro atoms. The Labute approximate surface area is 162 Å². The van der Waals surface area contributed by atoms with Crippen LogP contribution in [0.25, 0.3) is 0 Å². The minimum atomic E-state index is -0.280. The molecule has 0 radical (unpaired) electrons. The summed E-state index contributed by atoms with van der Waals surface area (Å²) in [5.41, 5.74) is 7.57. The molecule has 6 atom stereocenters. The lowest BCUT2D eigenvalue weighted by atomic mass is 9.70. The van der Waals surface area contributed by atoms with E-state index in [9.17, 15) is 0 Å². The van der Waals surface area contributed by atoms with Gasteiger partial charge in [-0.1, -0.05) is 20.8 Å². The molecule has 1 heterocycles. The van der Waals surface area contributed by atoms with Crippen LogP contribution >= 0.6 is 0 Å². The summed E-state index contributed by atoms with van der Waals surface area (Å²) in [6.45, 7) is 7.62. The van der Waals surface area contributed by atoms with Gasteiger partial charge in [-0.25, -0.2) is 0 Å². The monoisotopic (exact) mass is 375 g/mol. The standard InChI is InChI=1S/C22H33NO4/c1-21(2)16-8-9-22(21,3)20-14(16)11-19(27-20)26-18(12-23)15-10-13(24-4)6-7-17(15)25-5/h6-7,10,14,16,18-20H,8-9,11-12,23H2,1-5H3/t14-,16+,18+,19-,20-,22-/m0/s1. The van der Waals surface area contributed by atoms with Gasteiger partial charge in [0.25, 0.3) is 0 Å². The highest BCUT2D eigenvalue weighted by Crippen LogP contribution is 2.71. The molecule has 27 heavy (non-hydrogen) atoms. The topological polar surface area (TPSA) is 62.9 Å². The molecule has 2 bridgehead atoms. The third-order valence-corrected chi connectivity index (χ3v) is 7.98. The Morgan fingerprint density at radius 2 is 2.00 bits per heavy atom. The minimum Gasteiger partial charge on any atom is -0.497 e. The van der Waals surface area contributed by atoms with Crippen LogP contribution in [0.3, 0.4) is 0 Å². The Morgan fingerprint density at radius 1 is 1.22 bits per heavy atom. The number of nitrogens with two attached hydrogens (primary N) is 1. The van der Waals surface area contributed by atoms with E-state index in [1.165, 1.54) is 12.8 Å². The number of fused-ring (bicyclic) bond motifs is 5. The molecule has 0 amide bonds. The molecular weight excluding hydrogens is 342 g/mol. The van der Waals surface area contributed by atoms with Gasteiger partial charge in [-0.2, -0.15) is 0 Å². The van der Waals surface area contributed by atoms with Gasteiger partial charge in [0.15, 0.2) is 6.29 Å². The van der Waals surface area contributed by atoms with Gasteiger partial charge in [-0.05, 0) is 53.7 Å². The molecule has 4 rings (SSSR count). The molecule has 1 aliphatic heterocycles. The number of benzene rings is 1. The molecule has 1 aromatic carbocycles. The second kappa shape index (κ2) is 6.64. The predicted molar refractivity (Wildman–Crippen MR) is 104 cm³/mol. The summed E-state index contributed by atoms with van der Waals surface area (Å²) in [6, 6.07) is 5.72. The Morgan fingerprint density at radius 3 is 2.63 bits per heavy atom. The van der Waals surface area contributed by atoms with E-state index in [-0.39, 0.29) is 17.8 Å². The smallest absolute Gasteiger partial charge is 0.159 e. The van der Waals surface area contributed by atoms with E-state index in [4.69, 9.17) is 24.7 Å². The maximum atomic E-state index is 6.49. The molecule has 0 unspecified atom stereocenters. The van der Waals surface area contributed by atoms with Gasteiger partial charge in [-0.15, -0.1) is 0 Å². The van der Waals surface area contributed by atoms with Crippen LogP contribution in [0.2, 0.25) is 0 Å². The number of methoxy groups -OCH3 is 2. The SMILES string of the molecule is COc1ccc(OC)c([C@@H](CN)O[C@@H]2C[C@H]3[C@H]4CC[C@@](C)([C@H]3O2)C4(C)C)c1. The Bertz CT molecular complexity index is 706. The van der Waals surface area contributed by atoms with Crippen LogP contribution < -0.4 is 15.2 Å². The van der Waals surface area contributed by atoms with Crippen LogP contribution in [-0.2, 0) is 9.47 Å². The van der Waals surface area contributed by atoms with Crippen molar-refractivity contribution in [2.45, 2.75) is 58.5 Å². The van der Waals surface area contributed by atoms with Crippen molar-refractivity contribution in [2.24, 2.45) is 28.4 Å². The molecule has 0 aromatic heterocycles. The molecule has 5 nitrogen and oxygen atoms in total. The maximum absolute atomic E-state index is 6.49. The number of rotatable bonds is 6. The van der Waals surface area contributed by atoms with Gasteiger partial charge in [0, 0.05) is 18.5 Å². The van der Waals surface area contributed by atoms with Crippen molar-refractivity contribution >= 4 is 0 Å². The van der Waals surface area contributed by atoms with E-state index < -0.39 is 0 Å². The van der Waals surface area contributed by atoms with Crippen molar-refractivity contribution < 1.29 is 18.9 Å².